The second-order valence-corrected chi connectivity index (χ2v) is 10.5. The summed E-state index contributed by atoms with van der Waals surface area (Å²) in [6, 6.07) is 0. The van der Waals surface area contributed by atoms with E-state index >= 15 is 0 Å². The zero-order valence-corrected chi connectivity index (χ0v) is 24.8. The molecule has 0 radical (unpaired) electrons. The number of aliphatic hydroxyl groups is 1. The van der Waals surface area contributed by atoms with Crippen LogP contribution in [0, 0.1) is 11.8 Å². The van der Waals surface area contributed by atoms with Crippen LogP contribution in [0.15, 0.2) is 58.6 Å². The zero-order chi connectivity index (χ0) is 30.9. The molecule has 2 aliphatic rings. The Kier molecular flexibility index (Phi) is 12.7. The molecule has 0 aromatic heterocycles. The summed E-state index contributed by atoms with van der Waals surface area (Å²) >= 11 is 0. The fourth-order valence-corrected chi connectivity index (χ4v) is 4.99. The van der Waals surface area contributed by atoms with E-state index in [4.69, 9.17) is 24.7 Å². The van der Waals surface area contributed by atoms with E-state index in [1.165, 1.54) is 27.4 Å². The topological polar surface area (TPSA) is 163 Å². The highest BCUT2D eigenvalue weighted by molar-refractivity contribution is 6.23. The second-order valence-electron chi connectivity index (χ2n) is 10.5. The van der Waals surface area contributed by atoms with Gasteiger partial charge in [0, 0.05) is 43.8 Å². The predicted molar refractivity (Wildman–Crippen MR) is 151 cm³/mol. The normalized spacial score (nSPS) is 32.5. The molecule has 0 aromatic carbocycles. The summed E-state index contributed by atoms with van der Waals surface area (Å²) in [6.45, 7) is 7.11. The number of amides is 2. The molecule has 2 bridgehead atoms. The van der Waals surface area contributed by atoms with Gasteiger partial charge in [-0.1, -0.05) is 43.7 Å². The lowest BCUT2D eigenvalue weighted by Crippen LogP contribution is -2.36. The van der Waals surface area contributed by atoms with E-state index in [0.29, 0.717) is 6.42 Å². The summed E-state index contributed by atoms with van der Waals surface area (Å²) in [5.74, 6) is -2.26. The lowest BCUT2D eigenvalue weighted by atomic mass is 9.85. The summed E-state index contributed by atoms with van der Waals surface area (Å²) in [5.41, 5.74) is 6.37. The highest BCUT2D eigenvalue weighted by Gasteiger charge is 2.33. The molecule has 1 aliphatic heterocycles. The van der Waals surface area contributed by atoms with E-state index in [1.54, 1.807) is 19.1 Å². The Hall–Kier alpha value is -3.54. The first-order valence-corrected chi connectivity index (χ1v) is 13.4. The van der Waals surface area contributed by atoms with Crippen LogP contribution in [0.2, 0.25) is 0 Å². The molecule has 0 fully saturated rings. The predicted octanol–water partition coefficient (Wildman–Crippen LogP) is 2.80. The molecule has 0 saturated carbocycles. The van der Waals surface area contributed by atoms with E-state index in [0.717, 1.165) is 11.6 Å². The number of aliphatic hydroxyl groups excluding tert-OH is 1. The number of methoxy groups -OCH3 is 3. The van der Waals surface area contributed by atoms with Gasteiger partial charge in [0.25, 0.3) is 5.91 Å². The summed E-state index contributed by atoms with van der Waals surface area (Å²) in [7, 11) is 4.26. The second kappa shape index (κ2) is 15.5. The molecule has 0 spiro atoms. The van der Waals surface area contributed by atoms with E-state index in [-0.39, 0.29) is 47.3 Å². The minimum absolute atomic E-state index is 0.0722. The highest BCUT2D eigenvalue weighted by Crippen LogP contribution is 2.29. The van der Waals surface area contributed by atoms with Crippen molar-refractivity contribution < 1.29 is 43.2 Å². The van der Waals surface area contributed by atoms with Gasteiger partial charge in [-0.3, -0.25) is 14.4 Å². The number of nitrogens with one attached hydrogen (secondary N) is 1. The van der Waals surface area contributed by atoms with Gasteiger partial charge in [-0.2, -0.15) is 0 Å². The number of ether oxygens (including phenoxy) is 4. The van der Waals surface area contributed by atoms with Crippen LogP contribution in [-0.2, 0) is 33.3 Å². The fraction of sp³-hybridized carbons (Fsp3) is 0.533. The Morgan fingerprint density at radius 3 is 2.32 bits per heavy atom. The minimum atomic E-state index is -0.967. The van der Waals surface area contributed by atoms with Crippen LogP contribution in [-0.4, -0.2) is 74.4 Å². The first-order chi connectivity index (χ1) is 19.3. The van der Waals surface area contributed by atoms with Gasteiger partial charge in [-0.25, -0.2) is 4.79 Å². The molecule has 1 heterocycles. The van der Waals surface area contributed by atoms with Crippen LogP contribution in [0.4, 0.5) is 4.79 Å². The molecule has 0 aromatic rings. The zero-order valence-electron chi connectivity index (χ0n) is 24.8. The number of carbonyl (C=O) groups is 4. The summed E-state index contributed by atoms with van der Waals surface area (Å²) in [6.07, 6.45) is 4.44. The van der Waals surface area contributed by atoms with Crippen molar-refractivity contribution in [3.05, 3.63) is 58.6 Å². The number of nitrogens with two attached hydrogens (primary N) is 1. The van der Waals surface area contributed by atoms with Crippen molar-refractivity contribution in [2.45, 2.75) is 71.4 Å². The maximum atomic E-state index is 13.4. The molecule has 11 heteroatoms. The van der Waals surface area contributed by atoms with E-state index < -0.39 is 48.0 Å². The third kappa shape index (κ3) is 9.24. The lowest BCUT2D eigenvalue weighted by molar-refractivity contribution is -0.120. The molecule has 41 heavy (non-hydrogen) atoms. The Morgan fingerprint density at radius 1 is 1.05 bits per heavy atom. The van der Waals surface area contributed by atoms with Gasteiger partial charge in [0.05, 0.1) is 25.0 Å². The van der Waals surface area contributed by atoms with E-state index in [1.807, 2.05) is 26.8 Å². The van der Waals surface area contributed by atoms with Gasteiger partial charge in [-0.15, -0.1) is 0 Å². The Balaban J connectivity index is 2.56. The number of allylic oxidation sites excluding steroid dienone is 4. The number of primary amides is 1. The van der Waals surface area contributed by atoms with Crippen molar-refractivity contribution >= 4 is 23.6 Å². The average molecular weight is 575 g/mol. The van der Waals surface area contributed by atoms with Crippen molar-refractivity contribution in [1.29, 1.82) is 0 Å². The first kappa shape index (κ1) is 33.7. The van der Waals surface area contributed by atoms with Crippen molar-refractivity contribution in [3.63, 3.8) is 0 Å². The smallest absolute Gasteiger partial charge is 0.404 e. The standard InChI is InChI=1S/C30H42N2O9/c1-16-11-19(4)26(34)25(39-6)14-17(2)12-20-27(35)21(15-22(33)28(20)40-7)32-29(36)18(3)9-8-10-23(38-5)24(13-16)41-30(31)37/h8-11,15,17,19,23-26,34H,12-14H2,1-7H3,(H2,31,37)(H,32,36)/b10-8-,16-11+,18-9+/t17-,19+,23-,24-,25-,26-/m0/s1. The molecule has 2 rings (SSSR count). The Morgan fingerprint density at radius 2 is 1.73 bits per heavy atom. The number of Topliss-reactive ketones (excluding diaryl/α,β-unsaturated/α-hetero) is 1. The minimum Gasteiger partial charge on any atom is -0.492 e. The largest absolute Gasteiger partial charge is 0.492 e. The molecule has 0 saturated heterocycles. The van der Waals surface area contributed by atoms with E-state index in [2.05, 4.69) is 5.32 Å². The molecular weight excluding hydrogens is 532 g/mol. The van der Waals surface area contributed by atoms with Gasteiger partial charge in [0.2, 0.25) is 11.6 Å². The molecule has 2 amide bonds. The summed E-state index contributed by atoms with van der Waals surface area (Å²) in [4.78, 5) is 50.7. The average Bonchev–Trinajstić information content (AvgIpc) is 2.90. The molecule has 4 N–H and O–H groups in total. The van der Waals surface area contributed by atoms with Gasteiger partial charge >= 0.3 is 6.09 Å². The number of ketones is 2. The monoisotopic (exact) mass is 574 g/mol. The van der Waals surface area contributed by atoms with Crippen LogP contribution in [0.3, 0.4) is 0 Å². The highest BCUT2D eigenvalue weighted by atomic mass is 16.6. The molecule has 1 aliphatic carbocycles. The Bertz CT molecular complexity index is 1160. The van der Waals surface area contributed by atoms with Crippen molar-refractivity contribution in [1.82, 2.24) is 5.32 Å². The molecular formula is C30H42N2O9. The number of hydrogen-bond donors (Lipinski definition) is 3. The third-order valence-electron chi connectivity index (χ3n) is 7.14. The SMILES string of the molecule is COC1=C2C[C@H](C)C[C@H](OC)[C@@H](O)[C@H](C)/C=C(\C)C[C@H](OC(N)=O)[C@@H](OC)/C=C\C=C(/C)C(=O)NC(=CC1=O)C2=O. The van der Waals surface area contributed by atoms with Crippen LogP contribution < -0.4 is 11.1 Å². The van der Waals surface area contributed by atoms with E-state index in [9.17, 15) is 24.3 Å². The number of carbonyl (C=O) groups excluding carboxylic acids is 4. The van der Waals surface area contributed by atoms with Crippen molar-refractivity contribution in [2.24, 2.45) is 17.6 Å². The number of fused-ring (bicyclic) bond motifs is 2. The number of rotatable bonds is 4. The van der Waals surface area contributed by atoms with Crippen molar-refractivity contribution in [3.8, 4) is 0 Å². The number of hydrogen-bond acceptors (Lipinski definition) is 9. The van der Waals surface area contributed by atoms with Crippen molar-refractivity contribution in [2.75, 3.05) is 21.3 Å². The molecule has 11 nitrogen and oxygen atoms in total. The van der Waals surface area contributed by atoms with Crippen LogP contribution >= 0.6 is 0 Å². The van der Waals surface area contributed by atoms with Crippen LogP contribution in [0.25, 0.3) is 0 Å². The van der Waals surface area contributed by atoms with Crippen LogP contribution in [0.1, 0.15) is 47.0 Å². The van der Waals surface area contributed by atoms with Gasteiger partial charge in [0.15, 0.2) is 5.76 Å². The third-order valence-corrected chi connectivity index (χ3v) is 7.14. The van der Waals surface area contributed by atoms with Gasteiger partial charge in [-0.05, 0) is 32.6 Å². The fourth-order valence-electron chi connectivity index (χ4n) is 4.99. The lowest BCUT2D eigenvalue weighted by Gasteiger charge is -2.29. The summed E-state index contributed by atoms with van der Waals surface area (Å²) in [5, 5.41) is 13.7. The molecule has 0 unspecified atom stereocenters. The first-order valence-electron chi connectivity index (χ1n) is 13.4. The molecule has 226 valence electrons. The Labute approximate surface area is 241 Å². The van der Waals surface area contributed by atoms with Gasteiger partial charge in [0.1, 0.15) is 12.2 Å². The maximum Gasteiger partial charge on any atom is 0.404 e. The molecule has 6 atom stereocenters. The maximum absolute atomic E-state index is 13.4. The van der Waals surface area contributed by atoms with Crippen LogP contribution in [0.5, 0.6) is 0 Å². The quantitative estimate of drug-likeness (QED) is 0.338. The summed E-state index contributed by atoms with van der Waals surface area (Å²) < 4.78 is 21.7. The van der Waals surface area contributed by atoms with Gasteiger partial charge < -0.3 is 35.1 Å².